The van der Waals surface area contributed by atoms with Crippen LogP contribution in [0.3, 0.4) is 0 Å². The summed E-state index contributed by atoms with van der Waals surface area (Å²) in [6.45, 7) is 7.29. The second-order valence-corrected chi connectivity index (χ2v) is 5.17. The molecule has 1 unspecified atom stereocenters. The van der Waals surface area contributed by atoms with Gasteiger partial charge in [-0.1, -0.05) is 6.92 Å². The first-order valence-corrected chi connectivity index (χ1v) is 5.70. The van der Waals surface area contributed by atoms with Crippen LogP contribution in [0, 0.1) is 11.3 Å². The van der Waals surface area contributed by atoms with Gasteiger partial charge in [0.2, 0.25) is 0 Å². The Bertz CT molecular complexity index is 157. The first-order valence-electron chi connectivity index (χ1n) is 5.70. The molecule has 1 saturated carbocycles. The van der Waals surface area contributed by atoms with Gasteiger partial charge in [-0.05, 0) is 50.1 Å². The fourth-order valence-corrected chi connectivity index (χ4v) is 2.17. The summed E-state index contributed by atoms with van der Waals surface area (Å²) < 4.78 is 0. The smallest absolute Gasteiger partial charge is 0.00174 e. The van der Waals surface area contributed by atoms with Crippen LogP contribution in [0.1, 0.15) is 32.6 Å². The highest BCUT2D eigenvalue weighted by Gasteiger charge is 2.27. The summed E-state index contributed by atoms with van der Waals surface area (Å²) in [5.74, 6) is 1.01. The summed E-state index contributed by atoms with van der Waals surface area (Å²) in [6, 6.07) is 0. The average Bonchev–Trinajstić information content (AvgIpc) is 2.89. The molecule has 2 nitrogen and oxygen atoms in total. The molecule has 2 aliphatic rings. The van der Waals surface area contributed by atoms with Crippen LogP contribution in [0.2, 0.25) is 0 Å². The Balaban J connectivity index is 1.64. The molecular formula is C11H22N2. The van der Waals surface area contributed by atoms with Crippen molar-refractivity contribution in [3.63, 3.8) is 0 Å². The first-order chi connectivity index (χ1) is 6.29. The molecule has 1 aliphatic heterocycles. The van der Waals surface area contributed by atoms with Gasteiger partial charge in [0.05, 0.1) is 0 Å². The van der Waals surface area contributed by atoms with Crippen molar-refractivity contribution in [1.82, 2.24) is 10.6 Å². The molecule has 0 aromatic heterocycles. The van der Waals surface area contributed by atoms with Crippen molar-refractivity contribution >= 4 is 0 Å². The van der Waals surface area contributed by atoms with Gasteiger partial charge in [-0.15, -0.1) is 0 Å². The molecule has 1 atom stereocenters. The van der Waals surface area contributed by atoms with E-state index < -0.39 is 0 Å². The zero-order valence-electron chi connectivity index (χ0n) is 8.73. The zero-order valence-corrected chi connectivity index (χ0v) is 8.73. The minimum Gasteiger partial charge on any atom is -0.316 e. The van der Waals surface area contributed by atoms with Crippen LogP contribution in [0.25, 0.3) is 0 Å². The van der Waals surface area contributed by atoms with Gasteiger partial charge in [0.25, 0.3) is 0 Å². The Labute approximate surface area is 81.5 Å². The number of hydrogen-bond acceptors (Lipinski definition) is 2. The normalized spacial score (nSPS) is 34.8. The van der Waals surface area contributed by atoms with Crippen molar-refractivity contribution < 1.29 is 0 Å². The molecule has 0 amide bonds. The summed E-state index contributed by atoms with van der Waals surface area (Å²) in [5, 5.41) is 7.11. The lowest BCUT2D eigenvalue weighted by atomic mass is 9.83. The highest BCUT2D eigenvalue weighted by Crippen LogP contribution is 2.29. The van der Waals surface area contributed by atoms with E-state index in [0.29, 0.717) is 5.41 Å². The highest BCUT2D eigenvalue weighted by molar-refractivity contribution is 4.84. The maximum atomic E-state index is 3.62. The van der Waals surface area contributed by atoms with Crippen molar-refractivity contribution in [1.29, 1.82) is 0 Å². The van der Waals surface area contributed by atoms with Crippen LogP contribution in [-0.2, 0) is 0 Å². The molecule has 2 heteroatoms. The van der Waals surface area contributed by atoms with Gasteiger partial charge in [0, 0.05) is 13.1 Å². The van der Waals surface area contributed by atoms with Gasteiger partial charge in [0.15, 0.2) is 0 Å². The maximum Gasteiger partial charge on any atom is 0.00174 e. The van der Waals surface area contributed by atoms with E-state index in [9.17, 15) is 0 Å². The van der Waals surface area contributed by atoms with Crippen LogP contribution >= 0.6 is 0 Å². The molecule has 0 spiro atoms. The topological polar surface area (TPSA) is 24.1 Å². The SMILES string of the molecule is CC1(CNCC2CC2)CCCNC1. The lowest BCUT2D eigenvalue weighted by Crippen LogP contribution is -2.44. The highest BCUT2D eigenvalue weighted by atomic mass is 14.9. The third-order valence-electron chi connectivity index (χ3n) is 3.37. The van der Waals surface area contributed by atoms with E-state index in [1.54, 1.807) is 0 Å². The Morgan fingerprint density at radius 2 is 2.31 bits per heavy atom. The van der Waals surface area contributed by atoms with Crippen LogP contribution in [0.15, 0.2) is 0 Å². The molecule has 1 aliphatic carbocycles. The van der Waals surface area contributed by atoms with E-state index in [-0.39, 0.29) is 0 Å². The second-order valence-electron chi connectivity index (χ2n) is 5.17. The van der Waals surface area contributed by atoms with Crippen molar-refractivity contribution in [2.24, 2.45) is 11.3 Å². The third-order valence-corrected chi connectivity index (χ3v) is 3.37. The van der Waals surface area contributed by atoms with Crippen LogP contribution in [0.5, 0.6) is 0 Å². The molecular weight excluding hydrogens is 160 g/mol. The van der Waals surface area contributed by atoms with Crippen LogP contribution in [0.4, 0.5) is 0 Å². The number of hydrogen-bond donors (Lipinski definition) is 2. The predicted octanol–water partition coefficient (Wildman–Crippen LogP) is 1.38. The number of nitrogens with one attached hydrogen (secondary N) is 2. The average molecular weight is 182 g/mol. The minimum absolute atomic E-state index is 0.521. The Hall–Kier alpha value is -0.0800. The molecule has 0 radical (unpaired) electrons. The van der Waals surface area contributed by atoms with Crippen LogP contribution in [-0.4, -0.2) is 26.2 Å². The van der Waals surface area contributed by atoms with E-state index in [1.165, 1.54) is 51.9 Å². The summed E-state index contributed by atoms with van der Waals surface area (Å²) in [7, 11) is 0. The van der Waals surface area contributed by atoms with E-state index in [2.05, 4.69) is 17.6 Å². The Morgan fingerprint density at radius 3 is 2.92 bits per heavy atom. The zero-order chi connectivity index (χ0) is 9.15. The molecule has 13 heavy (non-hydrogen) atoms. The van der Waals surface area contributed by atoms with Crippen molar-refractivity contribution in [2.45, 2.75) is 32.6 Å². The molecule has 0 aromatic rings. The second kappa shape index (κ2) is 3.97. The van der Waals surface area contributed by atoms with E-state index in [1.807, 2.05) is 0 Å². The third kappa shape index (κ3) is 2.96. The summed E-state index contributed by atoms with van der Waals surface area (Å²) in [4.78, 5) is 0. The van der Waals surface area contributed by atoms with Gasteiger partial charge in [-0.25, -0.2) is 0 Å². The van der Waals surface area contributed by atoms with Gasteiger partial charge in [-0.2, -0.15) is 0 Å². The molecule has 1 saturated heterocycles. The number of rotatable bonds is 4. The quantitative estimate of drug-likeness (QED) is 0.686. The lowest BCUT2D eigenvalue weighted by molar-refractivity contribution is 0.226. The Kier molecular flexibility index (Phi) is 2.89. The monoisotopic (exact) mass is 182 g/mol. The van der Waals surface area contributed by atoms with E-state index in [4.69, 9.17) is 0 Å². The predicted molar refractivity (Wildman–Crippen MR) is 55.8 cm³/mol. The largest absolute Gasteiger partial charge is 0.316 e. The molecule has 1 heterocycles. The summed E-state index contributed by atoms with van der Waals surface area (Å²) in [5.41, 5.74) is 0.521. The first kappa shape index (κ1) is 9.47. The van der Waals surface area contributed by atoms with E-state index in [0.717, 1.165) is 5.92 Å². The Morgan fingerprint density at radius 1 is 1.46 bits per heavy atom. The van der Waals surface area contributed by atoms with Gasteiger partial charge < -0.3 is 10.6 Å². The van der Waals surface area contributed by atoms with Crippen molar-refractivity contribution in [2.75, 3.05) is 26.2 Å². The molecule has 2 N–H and O–H groups in total. The maximum absolute atomic E-state index is 3.62. The molecule has 0 bridgehead atoms. The van der Waals surface area contributed by atoms with Gasteiger partial charge in [-0.3, -0.25) is 0 Å². The van der Waals surface area contributed by atoms with Gasteiger partial charge >= 0.3 is 0 Å². The standard InChI is InChI=1S/C11H22N2/c1-11(5-2-6-12-8-11)9-13-7-10-3-4-10/h10,12-13H,2-9H2,1H3. The van der Waals surface area contributed by atoms with Crippen LogP contribution < -0.4 is 10.6 Å². The summed E-state index contributed by atoms with van der Waals surface area (Å²) >= 11 is 0. The molecule has 76 valence electrons. The van der Waals surface area contributed by atoms with E-state index >= 15 is 0 Å². The van der Waals surface area contributed by atoms with Gasteiger partial charge in [0.1, 0.15) is 0 Å². The number of piperidine rings is 1. The lowest BCUT2D eigenvalue weighted by Gasteiger charge is -2.34. The molecule has 2 fully saturated rings. The summed E-state index contributed by atoms with van der Waals surface area (Å²) in [6.07, 6.45) is 5.66. The molecule has 2 rings (SSSR count). The van der Waals surface area contributed by atoms with Crippen molar-refractivity contribution in [3.8, 4) is 0 Å². The fourth-order valence-electron chi connectivity index (χ4n) is 2.17. The minimum atomic E-state index is 0.521. The fraction of sp³-hybridized carbons (Fsp3) is 1.00. The van der Waals surface area contributed by atoms with Crippen molar-refractivity contribution in [3.05, 3.63) is 0 Å². The molecule has 0 aromatic carbocycles.